The fraction of sp³-hybridized carbons (Fsp3) is 0.0370. The molecule has 0 radical (unpaired) electrons. The third-order valence-corrected chi connectivity index (χ3v) is 11.2. The Balaban J connectivity index is 1.04. The highest BCUT2D eigenvalue weighted by atomic mass is 15.1. The van der Waals surface area contributed by atoms with Gasteiger partial charge >= 0.3 is 0 Å². The van der Waals surface area contributed by atoms with E-state index in [1.807, 2.05) is 6.07 Å². The number of rotatable bonds is 7. The molecule has 2 N–H and O–H groups in total. The average Bonchev–Trinajstić information content (AvgIpc) is 3.27. The van der Waals surface area contributed by atoms with Crippen LogP contribution in [-0.4, -0.2) is 0 Å². The molecule has 9 aromatic carbocycles. The van der Waals surface area contributed by atoms with Gasteiger partial charge in [-0.05, 0) is 139 Å². The Morgan fingerprint density at radius 2 is 1.00 bits per heavy atom. The minimum atomic E-state index is 0.803. The summed E-state index contributed by atoms with van der Waals surface area (Å²) in [7, 11) is 0. The van der Waals surface area contributed by atoms with E-state index in [2.05, 4.69) is 205 Å². The highest BCUT2D eigenvalue weighted by Gasteiger charge is 2.16. The number of hydrogen-bond acceptors (Lipinski definition) is 2. The van der Waals surface area contributed by atoms with Crippen molar-refractivity contribution in [1.29, 1.82) is 0 Å². The largest absolute Gasteiger partial charge is 0.398 e. The standard InChI is InChI=1S/C54H40N2/c55-53-31-27-41-21-22-47(36-52(41)54(53)48-23-20-38-12-4-6-14-42(38)33-48)44-17-8-16-43(32-44)46-18-9-19-50(35-46)56(51-30-26-39-13-5-7-15-45(39)34-51)49-28-24-40(25-29-49)37-10-2-1-3-11-37/h1-5,7-13,15-36H,6,14,55H2. The van der Waals surface area contributed by atoms with Gasteiger partial charge < -0.3 is 10.6 Å². The van der Waals surface area contributed by atoms with Crippen LogP contribution in [0.2, 0.25) is 0 Å². The van der Waals surface area contributed by atoms with Crippen molar-refractivity contribution >= 4 is 50.4 Å². The molecule has 0 unspecified atom stereocenters. The van der Waals surface area contributed by atoms with E-state index in [-0.39, 0.29) is 0 Å². The van der Waals surface area contributed by atoms with Crippen LogP contribution in [0, 0.1) is 0 Å². The maximum absolute atomic E-state index is 6.75. The topological polar surface area (TPSA) is 29.3 Å². The third-order valence-electron chi connectivity index (χ3n) is 11.2. The van der Waals surface area contributed by atoms with E-state index < -0.39 is 0 Å². The van der Waals surface area contributed by atoms with Gasteiger partial charge in [0.05, 0.1) is 0 Å². The number of nitrogen functional groups attached to an aromatic ring is 1. The van der Waals surface area contributed by atoms with Gasteiger partial charge in [0.25, 0.3) is 0 Å². The Kier molecular flexibility index (Phi) is 8.50. The molecule has 0 fully saturated rings. The molecule has 0 spiro atoms. The quantitative estimate of drug-likeness (QED) is 0.166. The Morgan fingerprint density at radius 3 is 1.84 bits per heavy atom. The summed E-state index contributed by atoms with van der Waals surface area (Å²) in [6, 6.07) is 70.3. The van der Waals surface area contributed by atoms with Crippen molar-refractivity contribution < 1.29 is 0 Å². The van der Waals surface area contributed by atoms with Crippen molar-refractivity contribution in [3.05, 3.63) is 211 Å². The summed E-state index contributed by atoms with van der Waals surface area (Å²) in [6.07, 6.45) is 6.63. The molecule has 10 rings (SSSR count). The molecule has 1 aliphatic rings. The van der Waals surface area contributed by atoms with Crippen LogP contribution in [0.15, 0.2) is 200 Å². The van der Waals surface area contributed by atoms with Crippen molar-refractivity contribution in [2.24, 2.45) is 0 Å². The van der Waals surface area contributed by atoms with Gasteiger partial charge in [0.2, 0.25) is 0 Å². The van der Waals surface area contributed by atoms with Crippen molar-refractivity contribution in [3.8, 4) is 44.5 Å². The normalized spacial score (nSPS) is 12.1. The van der Waals surface area contributed by atoms with Crippen LogP contribution < -0.4 is 10.6 Å². The Bertz CT molecular complexity index is 2920. The summed E-state index contributed by atoms with van der Waals surface area (Å²) in [5.74, 6) is 0. The zero-order chi connectivity index (χ0) is 37.4. The molecule has 0 atom stereocenters. The van der Waals surface area contributed by atoms with Crippen LogP contribution in [0.5, 0.6) is 0 Å². The minimum absolute atomic E-state index is 0.803. The zero-order valence-corrected chi connectivity index (χ0v) is 31.1. The van der Waals surface area contributed by atoms with Crippen molar-refractivity contribution in [2.45, 2.75) is 12.8 Å². The van der Waals surface area contributed by atoms with Gasteiger partial charge in [-0.15, -0.1) is 0 Å². The molecule has 1 aliphatic carbocycles. The highest BCUT2D eigenvalue weighted by Crippen LogP contribution is 2.41. The molecule has 0 saturated heterocycles. The van der Waals surface area contributed by atoms with Gasteiger partial charge in [0, 0.05) is 28.3 Å². The molecule has 266 valence electrons. The predicted molar refractivity (Wildman–Crippen MR) is 240 cm³/mol. The first-order valence-corrected chi connectivity index (χ1v) is 19.4. The molecule has 2 heteroatoms. The van der Waals surface area contributed by atoms with Crippen LogP contribution in [0.25, 0.3) is 72.1 Å². The third kappa shape index (κ3) is 6.32. The predicted octanol–water partition coefficient (Wildman–Crippen LogP) is 14.7. The van der Waals surface area contributed by atoms with Crippen molar-refractivity contribution in [3.63, 3.8) is 0 Å². The zero-order valence-electron chi connectivity index (χ0n) is 31.1. The van der Waals surface area contributed by atoms with Gasteiger partial charge in [-0.1, -0.05) is 152 Å². The molecular formula is C54H40N2. The van der Waals surface area contributed by atoms with Crippen LogP contribution in [0.3, 0.4) is 0 Å². The number of benzene rings is 9. The van der Waals surface area contributed by atoms with Crippen LogP contribution >= 0.6 is 0 Å². The van der Waals surface area contributed by atoms with E-state index in [1.54, 1.807) is 0 Å². The smallest absolute Gasteiger partial charge is 0.0468 e. The summed E-state index contributed by atoms with van der Waals surface area (Å²) < 4.78 is 0. The number of nitrogens with zero attached hydrogens (tertiary/aromatic N) is 1. The second kappa shape index (κ2) is 14.2. The second-order valence-corrected chi connectivity index (χ2v) is 14.7. The lowest BCUT2D eigenvalue weighted by molar-refractivity contribution is 0.986. The number of allylic oxidation sites excluding steroid dienone is 1. The van der Waals surface area contributed by atoms with E-state index in [1.165, 1.54) is 60.5 Å². The number of hydrogen-bond donors (Lipinski definition) is 1. The van der Waals surface area contributed by atoms with E-state index >= 15 is 0 Å². The molecule has 0 bridgehead atoms. The summed E-state index contributed by atoms with van der Waals surface area (Å²) in [5, 5.41) is 4.80. The lowest BCUT2D eigenvalue weighted by Gasteiger charge is -2.26. The van der Waals surface area contributed by atoms with Crippen molar-refractivity contribution in [1.82, 2.24) is 0 Å². The molecule has 0 aliphatic heterocycles. The number of aryl methyl sites for hydroxylation is 1. The molecular weight excluding hydrogens is 677 g/mol. The van der Waals surface area contributed by atoms with Gasteiger partial charge in [0.1, 0.15) is 0 Å². The van der Waals surface area contributed by atoms with Gasteiger partial charge in [-0.2, -0.15) is 0 Å². The van der Waals surface area contributed by atoms with Gasteiger partial charge in [-0.3, -0.25) is 0 Å². The SMILES string of the molecule is Nc1ccc2ccc(-c3cccc(-c4cccc(N(c5ccc(-c6ccccc6)cc5)c5ccc6ccccc6c5)c4)c3)cc2c1-c1ccc2c(c1)CCC=C2. The minimum Gasteiger partial charge on any atom is -0.398 e. The van der Waals surface area contributed by atoms with Gasteiger partial charge in [0.15, 0.2) is 0 Å². The monoisotopic (exact) mass is 716 g/mol. The van der Waals surface area contributed by atoms with E-state index in [0.717, 1.165) is 52.3 Å². The van der Waals surface area contributed by atoms with E-state index in [9.17, 15) is 0 Å². The maximum Gasteiger partial charge on any atom is 0.0468 e. The summed E-state index contributed by atoms with van der Waals surface area (Å²) in [5.41, 5.74) is 22.9. The van der Waals surface area contributed by atoms with E-state index in [0.29, 0.717) is 0 Å². The number of nitrogens with two attached hydrogens (primary N) is 1. The molecule has 0 aromatic heterocycles. The molecule has 0 heterocycles. The highest BCUT2D eigenvalue weighted by molar-refractivity contribution is 6.04. The number of anilines is 4. The lowest BCUT2D eigenvalue weighted by Crippen LogP contribution is -2.10. The first-order valence-electron chi connectivity index (χ1n) is 19.4. The summed E-state index contributed by atoms with van der Waals surface area (Å²) in [6.45, 7) is 0. The molecule has 56 heavy (non-hydrogen) atoms. The average molecular weight is 717 g/mol. The Labute approximate surface area is 328 Å². The molecule has 2 nitrogen and oxygen atoms in total. The fourth-order valence-electron chi connectivity index (χ4n) is 8.33. The Hall–Kier alpha value is -7.16. The maximum atomic E-state index is 6.75. The van der Waals surface area contributed by atoms with Gasteiger partial charge in [-0.25, -0.2) is 0 Å². The summed E-state index contributed by atoms with van der Waals surface area (Å²) in [4.78, 5) is 2.36. The molecule has 0 amide bonds. The Morgan fingerprint density at radius 1 is 0.393 bits per heavy atom. The lowest BCUT2D eigenvalue weighted by atomic mass is 9.89. The van der Waals surface area contributed by atoms with Crippen LogP contribution in [-0.2, 0) is 6.42 Å². The van der Waals surface area contributed by atoms with Crippen LogP contribution in [0.1, 0.15) is 17.5 Å². The second-order valence-electron chi connectivity index (χ2n) is 14.7. The van der Waals surface area contributed by atoms with Crippen LogP contribution in [0.4, 0.5) is 22.7 Å². The van der Waals surface area contributed by atoms with Crippen molar-refractivity contribution in [2.75, 3.05) is 10.6 Å². The first-order chi connectivity index (χ1) is 27.6. The van der Waals surface area contributed by atoms with E-state index in [4.69, 9.17) is 5.73 Å². The molecule has 9 aromatic rings. The summed E-state index contributed by atoms with van der Waals surface area (Å²) >= 11 is 0. The first kappa shape index (κ1) is 33.4. The molecule has 0 saturated carbocycles. The number of fused-ring (bicyclic) bond motifs is 3. The fourth-order valence-corrected chi connectivity index (χ4v) is 8.33.